The Balaban J connectivity index is 2.01. The molecule has 176 valence electrons. The van der Waals surface area contributed by atoms with Crippen LogP contribution in [0.1, 0.15) is 44.6 Å². The number of phenols is 1. The molecule has 1 saturated heterocycles. The smallest absolute Gasteiger partial charge is 0.243 e. The highest BCUT2D eigenvalue weighted by Gasteiger charge is 2.37. The second-order valence-electron chi connectivity index (χ2n) is 8.05. The van der Waals surface area contributed by atoms with Gasteiger partial charge in [-0.15, -0.1) is 0 Å². The maximum absolute atomic E-state index is 12.9. The third kappa shape index (κ3) is 7.23. The normalized spacial score (nSPS) is 17.4. The van der Waals surface area contributed by atoms with E-state index in [0.717, 1.165) is 12.0 Å². The lowest BCUT2D eigenvalue weighted by atomic mass is 10.0. The fraction of sp³-hybridized carbons (Fsp3) is 0.545. The molecule has 0 radical (unpaired) electrons. The molecule has 0 saturated carbocycles. The molecule has 7 N–H and O–H groups in total. The molecule has 1 aromatic carbocycles. The summed E-state index contributed by atoms with van der Waals surface area (Å²) >= 11 is 0. The summed E-state index contributed by atoms with van der Waals surface area (Å²) in [7, 11) is 0. The maximum Gasteiger partial charge on any atom is 0.243 e. The molecule has 3 atom stereocenters. The van der Waals surface area contributed by atoms with E-state index < -0.39 is 35.8 Å². The standard InChI is InChI=1S/C22H33N5O5/c1-2-3-5-17(20(30)25-13-19(24)29)26-21(31)18-6-4-11-27(18)22(32)16(23)12-14-7-9-15(28)10-8-14/h7-10,16-18,28H,2-6,11-13,23H2,1H3,(H2,24,29)(H,25,30)(H,26,31)/t16-,17-,18-/m0/s1. The molecule has 1 aliphatic heterocycles. The maximum atomic E-state index is 12.9. The predicted molar refractivity (Wildman–Crippen MR) is 118 cm³/mol. The van der Waals surface area contributed by atoms with Crippen LogP contribution >= 0.6 is 0 Å². The van der Waals surface area contributed by atoms with Crippen LogP contribution < -0.4 is 22.1 Å². The van der Waals surface area contributed by atoms with E-state index in [2.05, 4.69) is 10.6 Å². The van der Waals surface area contributed by atoms with Crippen molar-refractivity contribution in [2.75, 3.05) is 13.1 Å². The zero-order chi connectivity index (χ0) is 23.7. The molecule has 1 heterocycles. The van der Waals surface area contributed by atoms with Crippen molar-refractivity contribution in [3.63, 3.8) is 0 Å². The number of phenolic OH excluding ortho intramolecular Hbond substituents is 1. The Morgan fingerprint density at radius 3 is 2.53 bits per heavy atom. The average Bonchev–Trinajstić information content (AvgIpc) is 3.25. The first kappa shape index (κ1) is 25.1. The van der Waals surface area contributed by atoms with Crippen molar-refractivity contribution in [1.29, 1.82) is 0 Å². The minimum absolute atomic E-state index is 0.127. The lowest BCUT2D eigenvalue weighted by molar-refractivity contribution is -0.140. The minimum Gasteiger partial charge on any atom is -0.508 e. The molecule has 0 spiro atoms. The quantitative estimate of drug-likeness (QED) is 0.307. The Labute approximate surface area is 187 Å². The van der Waals surface area contributed by atoms with E-state index in [4.69, 9.17) is 11.5 Å². The van der Waals surface area contributed by atoms with E-state index in [1.165, 1.54) is 17.0 Å². The number of amides is 4. The minimum atomic E-state index is -0.831. The van der Waals surface area contributed by atoms with Crippen molar-refractivity contribution in [3.05, 3.63) is 29.8 Å². The number of carbonyl (C=O) groups is 4. The van der Waals surface area contributed by atoms with E-state index in [-0.39, 0.29) is 24.6 Å². The van der Waals surface area contributed by atoms with Gasteiger partial charge in [-0.25, -0.2) is 0 Å². The van der Waals surface area contributed by atoms with Crippen LogP contribution in [0.5, 0.6) is 5.75 Å². The summed E-state index contributed by atoms with van der Waals surface area (Å²) in [6.07, 6.45) is 3.36. The third-order valence-electron chi connectivity index (χ3n) is 5.46. The summed E-state index contributed by atoms with van der Waals surface area (Å²) in [5, 5.41) is 14.5. The zero-order valence-electron chi connectivity index (χ0n) is 18.4. The number of benzene rings is 1. The Hall–Kier alpha value is -3.14. The van der Waals surface area contributed by atoms with Crippen LogP contribution in [0.15, 0.2) is 24.3 Å². The number of likely N-dealkylation sites (tertiary alicyclic amines) is 1. The van der Waals surface area contributed by atoms with Gasteiger partial charge >= 0.3 is 0 Å². The van der Waals surface area contributed by atoms with Gasteiger partial charge in [-0.1, -0.05) is 31.9 Å². The molecule has 1 aliphatic rings. The summed E-state index contributed by atoms with van der Waals surface area (Å²) in [5.41, 5.74) is 12.0. The van der Waals surface area contributed by atoms with Crippen LogP contribution in [0.4, 0.5) is 0 Å². The molecule has 0 aliphatic carbocycles. The van der Waals surface area contributed by atoms with E-state index in [1.807, 2.05) is 6.92 Å². The van der Waals surface area contributed by atoms with Gasteiger partial charge < -0.3 is 32.1 Å². The van der Waals surface area contributed by atoms with E-state index >= 15 is 0 Å². The third-order valence-corrected chi connectivity index (χ3v) is 5.46. The molecule has 0 unspecified atom stereocenters. The van der Waals surface area contributed by atoms with Crippen LogP contribution in [0.2, 0.25) is 0 Å². The Morgan fingerprint density at radius 2 is 1.91 bits per heavy atom. The lowest BCUT2D eigenvalue weighted by Gasteiger charge is -2.28. The van der Waals surface area contributed by atoms with Crippen LogP contribution in [-0.2, 0) is 25.6 Å². The largest absolute Gasteiger partial charge is 0.508 e. The number of rotatable bonds is 11. The molecular formula is C22H33N5O5. The predicted octanol–water partition coefficient (Wildman–Crippen LogP) is -0.470. The molecule has 1 aromatic rings. The number of hydrogen-bond donors (Lipinski definition) is 5. The second kappa shape index (κ2) is 12.0. The van der Waals surface area contributed by atoms with Gasteiger partial charge in [-0.3, -0.25) is 19.2 Å². The topological polar surface area (TPSA) is 168 Å². The number of nitrogens with zero attached hydrogens (tertiary/aromatic N) is 1. The Morgan fingerprint density at radius 1 is 1.22 bits per heavy atom. The van der Waals surface area contributed by atoms with Gasteiger partial charge in [0.15, 0.2) is 0 Å². The van der Waals surface area contributed by atoms with Crippen LogP contribution in [0.3, 0.4) is 0 Å². The van der Waals surface area contributed by atoms with Gasteiger partial charge in [0, 0.05) is 6.54 Å². The number of nitrogens with one attached hydrogen (secondary N) is 2. The molecule has 10 heteroatoms. The molecular weight excluding hydrogens is 414 g/mol. The Bertz CT molecular complexity index is 813. The van der Waals surface area contributed by atoms with Crippen molar-refractivity contribution in [2.45, 2.75) is 63.6 Å². The molecule has 1 fully saturated rings. The lowest BCUT2D eigenvalue weighted by Crippen LogP contribution is -2.55. The number of unbranched alkanes of at least 4 members (excludes halogenated alkanes) is 1. The van der Waals surface area contributed by atoms with Gasteiger partial charge in [-0.2, -0.15) is 0 Å². The molecule has 0 aromatic heterocycles. The Kier molecular flexibility index (Phi) is 9.45. The van der Waals surface area contributed by atoms with Crippen molar-refractivity contribution >= 4 is 23.6 Å². The average molecular weight is 448 g/mol. The molecule has 2 rings (SSSR count). The first-order valence-electron chi connectivity index (χ1n) is 10.9. The summed E-state index contributed by atoms with van der Waals surface area (Å²) < 4.78 is 0. The van der Waals surface area contributed by atoms with Crippen molar-refractivity contribution in [3.8, 4) is 5.75 Å². The number of aromatic hydroxyl groups is 1. The van der Waals surface area contributed by atoms with Crippen LogP contribution in [0, 0.1) is 0 Å². The number of hydrogen-bond acceptors (Lipinski definition) is 6. The number of nitrogens with two attached hydrogens (primary N) is 2. The SMILES string of the molecule is CCCC[C@H](NC(=O)[C@@H]1CCCN1C(=O)[C@@H](N)Cc1ccc(O)cc1)C(=O)NCC(N)=O. The van der Waals surface area contributed by atoms with Gasteiger partial charge in [0.25, 0.3) is 0 Å². The molecule has 0 bridgehead atoms. The first-order chi connectivity index (χ1) is 15.2. The van der Waals surface area contributed by atoms with Crippen LogP contribution in [-0.4, -0.2) is 64.9 Å². The highest BCUT2D eigenvalue weighted by atomic mass is 16.3. The fourth-order valence-electron chi connectivity index (χ4n) is 3.73. The molecule has 4 amide bonds. The summed E-state index contributed by atoms with van der Waals surface area (Å²) in [5.74, 6) is -1.77. The van der Waals surface area contributed by atoms with Gasteiger partial charge in [0.2, 0.25) is 23.6 Å². The molecule has 32 heavy (non-hydrogen) atoms. The first-order valence-corrected chi connectivity index (χ1v) is 10.9. The number of primary amides is 1. The van der Waals surface area contributed by atoms with Gasteiger partial charge in [0.1, 0.15) is 17.8 Å². The van der Waals surface area contributed by atoms with E-state index in [1.54, 1.807) is 12.1 Å². The monoisotopic (exact) mass is 447 g/mol. The van der Waals surface area contributed by atoms with Crippen molar-refractivity contribution in [2.24, 2.45) is 11.5 Å². The summed E-state index contributed by atoms with van der Waals surface area (Å²) in [4.78, 5) is 50.7. The van der Waals surface area contributed by atoms with Crippen molar-refractivity contribution < 1.29 is 24.3 Å². The zero-order valence-corrected chi connectivity index (χ0v) is 18.4. The van der Waals surface area contributed by atoms with E-state index in [9.17, 15) is 24.3 Å². The second-order valence-corrected chi connectivity index (χ2v) is 8.05. The fourth-order valence-corrected chi connectivity index (χ4v) is 3.73. The highest BCUT2D eigenvalue weighted by Crippen LogP contribution is 2.20. The van der Waals surface area contributed by atoms with Gasteiger partial charge in [0.05, 0.1) is 12.6 Å². The molecule has 10 nitrogen and oxygen atoms in total. The summed E-state index contributed by atoms with van der Waals surface area (Å²) in [6, 6.07) is 4.09. The van der Waals surface area contributed by atoms with E-state index in [0.29, 0.717) is 32.2 Å². The van der Waals surface area contributed by atoms with Gasteiger partial charge in [-0.05, 0) is 43.4 Å². The number of carbonyl (C=O) groups excluding carboxylic acids is 4. The van der Waals surface area contributed by atoms with Crippen molar-refractivity contribution in [1.82, 2.24) is 15.5 Å². The highest BCUT2D eigenvalue weighted by molar-refractivity contribution is 5.94. The van der Waals surface area contributed by atoms with Crippen LogP contribution in [0.25, 0.3) is 0 Å². The summed E-state index contributed by atoms with van der Waals surface area (Å²) in [6.45, 7) is 2.07.